The number of amides is 4. The lowest BCUT2D eigenvalue weighted by molar-refractivity contribution is -0.118. The van der Waals surface area contributed by atoms with Gasteiger partial charge in [0.05, 0.1) is 0 Å². The van der Waals surface area contributed by atoms with E-state index < -0.39 is 0 Å². The summed E-state index contributed by atoms with van der Waals surface area (Å²) in [6.45, 7) is 5.22. The number of benzene rings is 2. The molecule has 182 valence electrons. The molecule has 2 aromatic rings. The van der Waals surface area contributed by atoms with Gasteiger partial charge in [-0.2, -0.15) is 0 Å². The summed E-state index contributed by atoms with van der Waals surface area (Å²) >= 11 is 0. The summed E-state index contributed by atoms with van der Waals surface area (Å²) in [5.41, 5.74) is 2.35. The van der Waals surface area contributed by atoms with E-state index in [1.54, 1.807) is 48.5 Å². The Morgan fingerprint density at radius 3 is 1.26 bits per heavy atom. The van der Waals surface area contributed by atoms with E-state index in [0.29, 0.717) is 61.3 Å². The van der Waals surface area contributed by atoms with Crippen LogP contribution in [0.4, 0.5) is 11.4 Å². The average molecular weight is 467 g/mol. The Morgan fingerprint density at radius 1 is 0.588 bits per heavy atom. The van der Waals surface area contributed by atoms with Gasteiger partial charge in [0.2, 0.25) is 11.8 Å². The molecule has 8 heteroatoms. The molecule has 0 atom stereocenters. The van der Waals surface area contributed by atoms with Crippen LogP contribution in [0.3, 0.4) is 0 Å². The van der Waals surface area contributed by atoms with Crippen molar-refractivity contribution in [3.05, 3.63) is 59.7 Å². The van der Waals surface area contributed by atoms with Gasteiger partial charge >= 0.3 is 0 Å². The van der Waals surface area contributed by atoms with Gasteiger partial charge in [0.15, 0.2) is 0 Å². The van der Waals surface area contributed by atoms with Gasteiger partial charge < -0.3 is 21.3 Å². The molecule has 34 heavy (non-hydrogen) atoms. The molecule has 2 rings (SSSR count). The minimum Gasteiger partial charge on any atom is -0.352 e. The monoisotopic (exact) mass is 466 g/mol. The molecule has 4 amide bonds. The molecule has 4 N–H and O–H groups in total. The fraction of sp³-hybridized carbons (Fsp3) is 0.385. The number of anilines is 2. The summed E-state index contributed by atoms with van der Waals surface area (Å²) in [7, 11) is 0. The maximum absolute atomic E-state index is 12.1. The fourth-order valence-corrected chi connectivity index (χ4v) is 3.11. The number of unbranched alkanes of at least 4 members (excludes halogenated alkanes) is 1. The van der Waals surface area contributed by atoms with Crippen LogP contribution in [0.5, 0.6) is 0 Å². The molecule has 0 fully saturated rings. The lowest BCUT2D eigenvalue weighted by atomic mass is 10.1. The highest BCUT2D eigenvalue weighted by molar-refractivity contribution is 5.96. The Morgan fingerprint density at radius 2 is 0.941 bits per heavy atom. The van der Waals surface area contributed by atoms with Crippen molar-refractivity contribution in [3.8, 4) is 0 Å². The van der Waals surface area contributed by atoms with Gasteiger partial charge in [-0.05, 0) is 74.2 Å². The topological polar surface area (TPSA) is 116 Å². The van der Waals surface area contributed by atoms with Crippen LogP contribution < -0.4 is 21.3 Å². The number of carbonyl (C=O) groups is 4. The van der Waals surface area contributed by atoms with Crippen LogP contribution in [0.2, 0.25) is 0 Å². The molecule has 0 saturated carbocycles. The van der Waals surface area contributed by atoms with Crippen molar-refractivity contribution in [1.29, 1.82) is 0 Å². The summed E-state index contributed by atoms with van der Waals surface area (Å²) in [5.74, 6) is -0.543. The van der Waals surface area contributed by atoms with E-state index in [2.05, 4.69) is 21.3 Å². The molecule has 0 spiro atoms. The maximum Gasteiger partial charge on any atom is 0.251 e. The van der Waals surface area contributed by atoms with E-state index >= 15 is 0 Å². The van der Waals surface area contributed by atoms with Gasteiger partial charge in [-0.15, -0.1) is 0 Å². The molecular formula is C26H34N4O4. The van der Waals surface area contributed by atoms with Crippen molar-refractivity contribution in [3.63, 3.8) is 0 Å². The predicted molar refractivity (Wildman–Crippen MR) is 134 cm³/mol. The molecule has 0 aliphatic rings. The zero-order valence-electron chi connectivity index (χ0n) is 19.9. The number of rotatable bonds is 13. The number of hydrogen-bond acceptors (Lipinski definition) is 4. The summed E-state index contributed by atoms with van der Waals surface area (Å²) in [6.07, 6.45) is 3.49. The Kier molecular flexibility index (Phi) is 11.3. The maximum atomic E-state index is 12.1. The van der Waals surface area contributed by atoms with E-state index in [1.807, 2.05) is 13.8 Å². The van der Waals surface area contributed by atoms with Crippen molar-refractivity contribution in [2.24, 2.45) is 0 Å². The third kappa shape index (κ3) is 9.44. The quantitative estimate of drug-likeness (QED) is 0.333. The normalized spacial score (nSPS) is 10.3. The van der Waals surface area contributed by atoms with E-state index in [9.17, 15) is 19.2 Å². The molecule has 0 aliphatic carbocycles. The summed E-state index contributed by atoms with van der Waals surface area (Å²) in [5, 5.41) is 11.2. The SMILES string of the molecule is CCCNC(=O)c1ccc(NC(=O)CCCCC(=O)Nc2ccc(C(=O)NCCC)cc2)cc1. The molecule has 8 nitrogen and oxygen atoms in total. The van der Waals surface area contributed by atoms with Crippen LogP contribution in [0, 0.1) is 0 Å². The van der Waals surface area contributed by atoms with Crippen molar-refractivity contribution in [1.82, 2.24) is 10.6 Å². The fourth-order valence-electron chi connectivity index (χ4n) is 3.11. The molecule has 0 unspecified atom stereocenters. The average Bonchev–Trinajstić information content (AvgIpc) is 2.84. The van der Waals surface area contributed by atoms with Crippen LogP contribution in [-0.2, 0) is 9.59 Å². The Balaban J connectivity index is 1.66. The first kappa shape index (κ1) is 26.6. The van der Waals surface area contributed by atoms with Crippen molar-refractivity contribution >= 4 is 35.0 Å². The second-order valence-electron chi connectivity index (χ2n) is 7.97. The first-order valence-electron chi connectivity index (χ1n) is 11.8. The molecule has 0 aliphatic heterocycles. The lowest BCUT2D eigenvalue weighted by Crippen LogP contribution is -2.23. The molecule has 0 bridgehead atoms. The molecule has 0 aromatic heterocycles. The van der Waals surface area contributed by atoms with Gasteiger partial charge in [-0.1, -0.05) is 13.8 Å². The summed E-state index contributed by atoms with van der Waals surface area (Å²) in [6, 6.07) is 13.5. The Hall–Kier alpha value is -3.68. The third-order valence-electron chi connectivity index (χ3n) is 4.99. The number of hydrogen-bond donors (Lipinski definition) is 4. The first-order chi connectivity index (χ1) is 16.4. The first-order valence-corrected chi connectivity index (χ1v) is 11.8. The van der Waals surface area contributed by atoms with Gasteiger partial charge in [-0.25, -0.2) is 0 Å². The predicted octanol–water partition coefficient (Wildman–Crippen LogP) is 4.10. The third-order valence-corrected chi connectivity index (χ3v) is 4.99. The smallest absolute Gasteiger partial charge is 0.251 e. The standard InChI is InChI=1S/C26H34N4O4/c1-3-17-27-25(33)19-9-13-21(14-10-19)29-23(31)7-5-6-8-24(32)30-22-15-11-20(12-16-22)26(34)28-18-4-2/h9-16H,3-8,17-18H2,1-2H3,(H,27,33)(H,28,34)(H,29,31)(H,30,32). The van der Waals surface area contributed by atoms with Crippen molar-refractivity contribution in [2.45, 2.75) is 52.4 Å². The highest BCUT2D eigenvalue weighted by atomic mass is 16.2. The largest absolute Gasteiger partial charge is 0.352 e. The van der Waals surface area contributed by atoms with Crippen LogP contribution in [0.15, 0.2) is 48.5 Å². The van der Waals surface area contributed by atoms with Gasteiger partial charge in [0.1, 0.15) is 0 Å². The van der Waals surface area contributed by atoms with Gasteiger partial charge in [0.25, 0.3) is 11.8 Å². The van der Waals surface area contributed by atoms with Gasteiger partial charge in [0, 0.05) is 48.4 Å². The van der Waals surface area contributed by atoms with Crippen LogP contribution in [-0.4, -0.2) is 36.7 Å². The van der Waals surface area contributed by atoms with E-state index in [4.69, 9.17) is 0 Å². The Labute approximate surface area is 200 Å². The van der Waals surface area contributed by atoms with E-state index in [0.717, 1.165) is 12.8 Å². The van der Waals surface area contributed by atoms with Crippen molar-refractivity contribution < 1.29 is 19.2 Å². The minimum atomic E-state index is -0.138. The lowest BCUT2D eigenvalue weighted by Gasteiger charge is -2.08. The summed E-state index contributed by atoms with van der Waals surface area (Å²) in [4.78, 5) is 48.1. The second kappa shape index (κ2) is 14.5. The number of carbonyl (C=O) groups excluding carboxylic acids is 4. The molecule has 0 saturated heterocycles. The van der Waals surface area contributed by atoms with Crippen LogP contribution >= 0.6 is 0 Å². The Bertz CT molecular complexity index is 876. The number of nitrogens with one attached hydrogen (secondary N) is 4. The van der Waals surface area contributed by atoms with E-state index in [1.165, 1.54) is 0 Å². The van der Waals surface area contributed by atoms with Crippen LogP contribution in [0.1, 0.15) is 73.1 Å². The molecule has 0 radical (unpaired) electrons. The van der Waals surface area contributed by atoms with Crippen molar-refractivity contribution in [2.75, 3.05) is 23.7 Å². The zero-order valence-corrected chi connectivity index (χ0v) is 19.9. The zero-order chi connectivity index (χ0) is 24.8. The van der Waals surface area contributed by atoms with Gasteiger partial charge in [-0.3, -0.25) is 19.2 Å². The highest BCUT2D eigenvalue weighted by Crippen LogP contribution is 2.13. The summed E-state index contributed by atoms with van der Waals surface area (Å²) < 4.78 is 0. The minimum absolute atomic E-state index is 0.133. The van der Waals surface area contributed by atoms with E-state index in [-0.39, 0.29) is 23.6 Å². The van der Waals surface area contributed by atoms with Crippen LogP contribution in [0.25, 0.3) is 0 Å². The molecule has 2 aromatic carbocycles. The highest BCUT2D eigenvalue weighted by Gasteiger charge is 2.08. The molecular weight excluding hydrogens is 432 g/mol. The molecule has 0 heterocycles. The second-order valence-corrected chi connectivity index (χ2v) is 7.97.